The predicted molar refractivity (Wildman–Crippen MR) is 119 cm³/mol. The summed E-state index contributed by atoms with van der Waals surface area (Å²) in [5.74, 6) is 0.244. The van der Waals surface area contributed by atoms with Crippen LogP contribution >= 0.6 is 11.6 Å². The summed E-state index contributed by atoms with van der Waals surface area (Å²) in [5, 5.41) is 0.685. The van der Waals surface area contributed by atoms with Gasteiger partial charge in [-0.25, -0.2) is 0 Å². The molecule has 3 aliphatic rings. The molecular formula is C23H31ClN4O2. The molecule has 30 heavy (non-hydrogen) atoms. The van der Waals surface area contributed by atoms with Gasteiger partial charge in [-0.2, -0.15) is 0 Å². The average Bonchev–Trinajstić information content (AvgIpc) is 2.73. The molecule has 0 N–H and O–H groups in total. The van der Waals surface area contributed by atoms with Gasteiger partial charge in [0, 0.05) is 69.5 Å². The second kappa shape index (κ2) is 9.94. The Balaban J connectivity index is 1.17. The van der Waals surface area contributed by atoms with Crippen molar-refractivity contribution in [1.29, 1.82) is 0 Å². The van der Waals surface area contributed by atoms with Crippen molar-refractivity contribution in [2.75, 3.05) is 58.9 Å². The molecule has 2 aliphatic heterocycles. The third kappa shape index (κ3) is 5.42. The quantitative estimate of drug-likeness (QED) is 0.672. The van der Waals surface area contributed by atoms with Crippen LogP contribution in [0.4, 0.5) is 0 Å². The summed E-state index contributed by atoms with van der Waals surface area (Å²) in [6.45, 7) is 7.00. The van der Waals surface area contributed by atoms with E-state index in [-0.39, 0.29) is 11.8 Å². The summed E-state index contributed by atoms with van der Waals surface area (Å²) in [7, 11) is 0. The average molecular weight is 431 g/mol. The fourth-order valence-corrected chi connectivity index (χ4v) is 4.48. The van der Waals surface area contributed by atoms with Crippen LogP contribution < -0.4 is 0 Å². The maximum Gasteiger partial charge on any atom is 0.246 e. The fraction of sp³-hybridized carbons (Fsp3) is 0.565. The van der Waals surface area contributed by atoms with Crippen molar-refractivity contribution in [3.05, 3.63) is 40.9 Å². The number of rotatable bonds is 5. The molecule has 0 spiro atoms. The maximum absolute atomic E-state index is 12.7. The third-order valence-electron chi connectivity index (χ3n) is 6.59. The smallest absolute Gasteiger partial charge is 0.246 e. The van der Waals surface area contributed by atoms with E-state index in [9.17, 15) is 9.59 Å². The van der Waals surface area contributed by atoms with Gasteiger partial charge in [-0.3, -0.25) is 19.4 Å². The molecule has 6 nitrogen and oxygen atoms in total. The molecule has 3 fully saturated rings. The maximum atomic E-state index is 12.7. The van der Waals surface area contributed by atoms with Crippen molar-refractivity contribution < 1.29 is 9.59 Å². The molecule has 2 amide bonds. The number of piperazine rings is 2. The van der Waals surface area contributed by atoms with Crippen LogP contribution in [0.5, 0.6) is 0 Å². The molecule has 4 rings (SSSR count). The Morgan fingerprint density at radius 2 is 1.53 bits per heavy atom. The third-order valence-corrected chi connectivity index (χ3v) is 6.84. The van der Waals surface area contributed by atoms with Gasteiger partial charge in [0.05, 0.1) is 6.54 Å². The molecule has 0 radical (unpaired) electrons. The van der Waals surface area contributed by atoms with Crippen molar-refractivity contribution in [1.82, 2.24) is 19.6 Å². The minimum absolute atomic E-state index is 0.0167. The molecule has 0 unspecified atom stereocenters. The van der Waals surface area contributed by atoms with Crippen LogP contribution in [0.15, 0.2) is 30.3 Å². The first kappa shape index (κ1) is 21.3. The van der Waals surface area contributed by atoms with Crippen LogP contribution in [0.2, 0.25) is 5.02 Å². The van der Waals surface area contributed by atoms with Gasteiger partial charge in [0.25, 0.3) is 0 Å². The topological polar surface area (TPSA) is 47.1 Å². The lowest BCUT2D eigenvalue weighted by Gasteiger charge is -2.43. The largest absolute Gasteiger partial charge is 0.339 e. The normalized spacial score (nSPS) is 21.8. The van der Waals surface area contributed by atoms with E-state index in [1.165, 1.54) is 19.3 Å². The van der Waals surface area contributed by atoms with Gasteiger partial charge in [0.15, 0.2) is 0 Å². The van der Waals surface area contributed by atoms with Crippen molar-refractivity contribution in [2.45, 2.75) is 25.3 Å². The molecule has 0 aromatic heterocycles. The highest BCUT2D eigenvalue weighted by molar-refractivity contribution is 6.30. The SMILES string of the molecule is O=C(/C=C/c1ccc(Cl)cc1)N1CCN(CC(=O)N2CCN(C3CCC3)CC2)CC1. The molecule has 7 heteroatoms. The number of carbonyl (C=O) groups excluding carboxylic acids is 2. The van der Waals surface area contributed by atoms with Crippen molar-refractivity contribution in [2.24, 2.45) is 0 Å². The van der Waals surface area contributed by atoms with E-state index >= 15 is 0 Å². The lowest BCUT2D eigenvalue weighted by atomic mass is 9.91. The number of benzene rings is 1. The predicted octanol–water partition coefficient (Wildman–Crippen LogP) is 2.19. The molecular weight excluding hydrogens is 400 g/mol. The van der Waals surface area contributed by atoms with Crippen LogP contribution in [0.25, 0.3) is 6.08 Å². The zero-order valence-electron chi connectivity index (χ0n) is 17.5. The summed E-state index contributed by atoms with van der Waals surface area (Å²) in [4.78, 5) is 33.7. The van der Waals surface area contributed by atoms with Crippen LogP contribution in [0, 0.1) is 0 Å². The van der Waals surface area contributed by atoms with Gasteiger partial charge in [-0.15, -0.1) is 0 Å². The summed E-state index contributed by atoms with van der Waals surface area (Å²) < 4.78 is 0. The first-order chi connectivity index (χ1) is 14.6. The molecule has 1 aromatic carbocycles. The van der Waals surface area contributed by atoms with E-state index in [0.717, 1.165) is 50.9 Å². The number of hydrogen-bond acceptors (Lipinski definition) is 4. The van der Waals surface area contributed by atoms with Gasteiger partial charge >= 0.3 is 0 Å². The van der Waals surface area contributed by atoms with Gasteiger partial charge in [-0.05, 0) is 36.6 Å². The fourth-order valence-electron chi connectivity index (χ4n) is 4.35. The van der Waals surface area contributed by atoms with E-state index in [2.05, 4.69) is 9.80 Å². The number of halogens is 1. The monoisotopic (exact) mass is 430 g/mol. The molecule has 2 heterocycles. The lowest BCUT2D eigenvalue weighted by molar-refractivity contribution is -0.135. The number of carbonyl (C=O) groups is 2. The van der Waals surface area contributed by atoms with E-state index < -0.39 is 0 Å². The molecule has 162 valence electrons. The number of hydrogen-bond donors (Lipinski definition) is 0. The Labute approximate surface area is 184 Å². The number of amides is 2. The molecule has 0 atom stereocenters. The summed E-state index contributed by atoms with van der Waals surface area (Å²) in [5.41, 5.74) is 0.953. The highest BCUT2D eigenvalue weighted by Crippen LogP contribution is 2.25. The van der Waals surface area contributed by atoms with Crippen molar-refractivity contribution in [3.8, 4) is 0 Å². The van der Waals surface area contributed by atoms with Crippen molar-refractivity contribution >= 4 is 29.5 Å². The molecule has 1 saturated carbocycles. The van der Waals surface area contributed by atoms with E-state index in [4.69, 9.17) is 11.6 Å². The zero-order chi connectivity index (χ0) is 20.9. The zero-order valence-corrected chi connectivity index (χ0v) is 18.3. The van der Waals surface area contributed by atoms with Crippen LogP contribution in [-0.2, 0) is 9.59 Å². The summed E-state index contributed by atoms with van der Waals surface area (Å²) in [6, 6.07) is 8.17. The standard InChI is InChI=1S/C23H31ClN4O2/c24-20-7-4-19(5-8-20)6-9-22(29)27-12-10-25(11-13-27)18-23(30)28-16-14-26(15-17-28)21-2-1-3-21/h4-9,21H,1-3,10-18H2/b9-6+. The van der Waals surface area contributed by atoms with Gasteiger partial charge in [0.2, 0.25) is 11.8 Å². The molecule has 1 aliphatic carbocycles. The number of nitrogens with zero attached hydrogens (tertiary/aromatic N) is 4. The highest BCUT2D eigenvalue weighted by Gasteiger charge is 2.30. The van der Waals surface area contributed by atoms with Gasteiger partial charge in [-0.1, -0.05) is 30.2 Å². The van der Waals surface area contributed by atoms with Gasteiger partial charge < -0.3 is 9.80 Å². The second-order valence-corrected chi connectivity index (χ2v) is 8.92. The summed E-state index contributed by atoms with van der Waals surface area (Å²) >= 11 is 5.89. The van der Waals surface area contributed by atoms with E-state index in [1.54, 1.807) is 6.08 Å². The van der Waals surface area contributed by atoms with Gasteiger partial charge in [0.1, 0.15) is 0 Å². The minimum Gasteiger partial charge on any atom is -0.339 e. The minimum atomic E-state index is 0.0167. The first-order valence-electron chi connectivity index (χ1n) is 11.1. The lowest BCUT2D eigenvalue weighted by Crippen LogP contribution is -2.56. The molecule has 1 aromatic rings. The Morgan fingerprint density at radius 1 is 0.900 bits per heavy atom. The Morgan fingerprint density at radius 3 is 2.13 bits per heavy atom. The van der Waals surface area contributed by atoms with E-state index in [1.807, 2.05) is 40.1 Å². The Kier molecular flexibility index (Phi) is 7.08. The van der Waals surface area contributed by atoms with Crippen LogP contribution in [0.3, 0.4) is 0 Å². The van der Waals surface area contributed by atoms with Crippen LogP contribution in [-0.4, -0.2) is 96.4 Å². The highest BCUT2D eigenvalue weighted by atomic mass is 35.5. The Bertz CT molecular complexity index is 762. The first-order valence-corrected chi connectivity index (χ1v) is 11.4. The van der Waals surface area contributed by atoms with E-state index in [0.29, 0.717) is 24.7 Å². The molecule has 0 bridgehead atoms. The Hall–Kier alpha value is -1.89. The molecule has 2 saturated heterocycles. The van der Waals surface area contributed by atoms with Crippen LogP contribution in [0.1, 0.15) is 24.8 Å². The summed E-state index contributed by atoms with van der Waals surface area (Å²) in [6.07, 6.45) is 7.44. The van der Waals surface area contributed by atoms with Crippen molar-refractivity contribution in [3.63, 3.8) is 0 Å². The second-order valence-electron chi connectivity index (χ2n) is 8.49.